The molecule has 0 aliphatic carbocycles. The summed E-state index contributed by atoms with van der Waals surface area (Å²) < 4.78 is 5.44. The van der Waals surface area contributed by atoms with E-state index in [1.165, 1.54) is 5.56 Å². The molecular weight excluding hydrogens is 338 g/mol. The Bertz CT molecular complexity index is 920. The van der Waals surface area contributed by atoms with E-state index < -0.39 is 0 Å². The lowest BCUT2D eigenvalue weighted by atomic mass is 10.1. The van der Waals surface area contributed by atoms with Crippen LogP contribution >= 0.6 is 0 Å². The van der Waals surface area contributed by atoms with Gasteiger partial charge in [-0.15, -0.1) is 0 Å². The van der Waals surface area contributed by atoms with Crippen molar-refractivity contribution < 1.29 is 9.32 Å². The quantitative estimate of drug-likeness (QED) is 0.666. The van der Waals surface area contributed by atoms with E-state index in [1.54, 1.807) is 0 Å². The smallest absolute Gasteiger partial charge is 0.257 e. The Labute approximate surface area is 159 Å². The number of aryl methyl sites for hydroxylation is 2. The van der Waals surface area contributed by atoms with Crippen molar-refractivity contribution in [1.29, 1.82) is 0 Å². The van der Waals surface area contributed by atoms with Gasteiger partial charge in [0.2, 0.25) is 5.91 Å². The predicted octanol–water partition coefficient (Wildman–Crippen LogP) is 3.99. The molecule has 1 fully saturated rings. The van der Waals surface area contributed by atoms with Crippen molar-refractivity contribution in [3.8, 4) is 11.5 Å². The van der Waals surface area contributed by atoms with Crippen LogP contribution in [0.5, 0.6) is 0 Å². The van der Waals surface area contributed by atoms with E-state index in [9.17, 15) is 4.79 Å². The largest absolute Gasteiger partial charge is 0.342 e. The van der Waals surface area contributed by atoms with E-state index in [1.807, 2.05) is 42.2 Å². The van der Waals surface area contributed by atoms with E-state index in [4.69, 9.17) is 4.52 Å². The number of hydrogen-bond donors (Lipinski definition) is 0. The van der Waals surface area contributed by atoms with Gasteiger partial charge in [-0.25, -0.2) is 0 Å². The number of hydrogen-bond acceptors (Lipinski definition) is 4. The van der Waals surface area contributed by atoms with Crippen LogP contribution in [-0.4, -0.2) is 34.0 Å². The average Bonchev–Trinajstić information content (AvgIpc) is 3.30. The molecule has 1 aliphatic heterocycles. The summed E-state index contributed by atoms with van der Waals surface area (Å²) in [6.45, 7) is 3.47. The number of amides is 1. The van der Waals surface area contributed by atoms with Crippen molar-refractivity contribution in [2.24, 2.45) is 0 Å². The molecular formula is C22H23N3O2. The van der Waals surface area contributed by atoms with E-state index in [0.29, 0.717) is 24.7 Å². The molecule has 1 unspecified atom stereocenters. The molecule has 5 nitrogen and oxygen atoms in total. The first-order valence-corrected chi connectivity index (χ1v) is 9.41. The maximum Gasteiger partial charge on any atom is 0.257 e. The molecule has 0 bridgehead atoms. The maximum absolute atomic E-state index is 12.4. The van der Waals surface area contributed by atoms with Crippen molar-refractivity contribution >= 4 is 5.91 Å². The second-order valence-electron chi connectivity index (χ2n) is 7.16. The topological polar surface area (TPSA) is 59.2 Å². The van der Waals surface area contributed by atoms with Gasteiger partial charge in [0.05, 0.1) is 0 Å². The normalized spacial score (nSPS) is 16.9. The van der Waals surface area contributed by atoms with E-state index >= 15 is 0 Å². The number of likely N-dealkylation sites (tertiary alicyclic amines) is 1. The molecule has 1 aliphatic rings. The molecule has 138 valence electrons. The molecule has 5 heteroatoms. The molecule has 1 amide bonds. The minimum Gasteiger partial charge on any atom is -0.342 e. The Hall–Kier alpha value is -2.95. The van der Waals surface area contributed by atoms with Crippen molar-refractivity contribution in [1.82, 2.24) is 15.0 Å². The lowest BCUT2D eigenvalue weighted by Gasteiger charge is -2.15. The van der Waals surface area contributed by atoms with Crippen LogP contribution in [0, 0.1) is 6.92 Å². The average molecular weight is 361 g/mol. The van der Waals surface area contributed by atoms with Gasteiger partial charge in [-0.1, -0.05) is 53.2 Å². The minimum atomic E-state index is 0.0107. The van der Waals surface area contributed by atoms with Crippen LogP contribution in [0.15, 0.2) is 59.1 Å². The zero-order chi connectivity index (χ0) is 18.6. The molecule has 2 heterocycles. The summed E-state index contributed by atoms with van der Waals surface area (Å²) in [4.78, 5) is 18.8. The van der Waals surface area contributed by atoms with E-state index in [2.05, 4.69) is 34.4 Å². The highest BCUT2D eigenvalue weighted by Gasteiger charge is 2.33. The number of nitrogens with zero attached hydrogens (tertiary/aromatic N) is 3. The lowest BCUT2D eigenvalue weighted by Crippen LogP contribution is -2.26. The number of carbonyl (C=O) groups excluding carboxylic acids is 1. The molecule has 0 radical (unpaired) electrons. The van der Waals surface area contributed by atoms with Crippen LogP contribution in [-0.2, 0) is 11.2 Å². The van der Waals surface area contributed by atoms with Gasteiger partial charge in [0, 0.05) is 31.0 Å². The fourth-order valence-electron chi connectivity index (χ4n) is 3.58. The molecule has 1 aromatic heterocycles. The number of aromatic nitrogens is 2. The first kappa shape index (κ1) is 17.5. The van der Waals surface area contributed by atoms with Gasteiger partial charge in [-0.05, 0) is 37.5 Å². The SMILES string of the molecule is Cc1cccc(-c2nc(C3CC(=O)N(CCCc4ccccc4)C3)no2)c1. The number of benzene rings is 2. The summed E-state index contributed by atoms with van der Waals surface area (Å²) in [6, 6.07) is 18.4. The summed E-state index contributed by atoms with van der Waals surface area (Å²) >= 11 is 0. The number of carbonyl (C=O) groups is 1. The second kappa shape index (κ2) is 7.74. The molecule has 1 saturated heterocycles. The van der Waals surface area contributed by atoms with Gasteiger partial charge < -0.3 is 9.42 Å². The Kier molecular flexibility index (Phi) is 5.01. The van der Waals surface area contributed by atoms with Crippen molar-refractivity contribution in [3.05, 3.63) is 71.5 Å². The molecule has 2 aromatic carbocycles. The molecule has 0 N–H and O–H groups in total. The molecule has 3 aromatic rings. The highest BCUT2D eigenvalue weighted by molar-refractivity contribution is 5.79. The van der Waals surface area contributed by atoms with E-state index in [-0.39, 0.29) is 11.8 Å². The van der Waals surface area contributed by atoms with Gasteiger partial charge in [0.15, 0.2) is 5.82 Å². The van der Waals surface area contributed by atoms with Crippen LogP contribution in [0.4, 0.5) is 0 Å². The fourth-order valence-corrected chi connectivity index (χ4v) is 3.58. The summed E-state index contributed by atoms with van der Waals surface area (Å²) in [5.41, 5.74) is 3.37. The van der Waals surface area contributed by atoms with Crippen molar-refractivity contribution in [2.75, 3.05) is 13.1 Å². The Morgan fingerprint density at radius 1 is 1.15 bits per heavy atom. The highest BCUT2D eigenvalue weighted by Crippen LogP contribution is 2.28. The predicted molar refractivity (Wildman–Crippen MR) is 103 cm³/mol. The Balaban J connectivity index is 1.36. The molecule has 0 saturated carbocycles. The molecule has 1 atom stereocenters. The number of rotatable bonds is 6. The summed E-state index contributed by atoms with van der Waals surface area (Å²) in [5, 5.41) is 4.14. The van der Waals surface area contributed by atoms with Gasteiger partial charge in [0.1, 0.15) is 0 Å². The van der Waals surface area contributed by atoms with Gasteiger partial charge in [-0.2, -0.15) is 4.98 Å². The molecule has 27 heavy (non-hydrogen) atoms. The maximum atomic E-state index is 12.4. The van der Waals surface area contributed by atoms with Crippen LogP contribution in [0.25, 0.3) is 11.5 Å². The first-order valence-electron chi connectivity index (χ1n) is 9.41. The zero-order valence-corrected chi connectivity index (χ0v) is 15.5. The van der Waals surface area contributed by atoms with Crippen LogP contribution < -0.4 is 0 Å². The van der Waals surface area contributed by atoms with Crippen molar-refractivity contribution in [2.45, 2.75) is 32.1 Å². The van der Waals surface area contributed by atoms with E-state index in [0.717, 1.165) is 30.5 Å². The third-order valence-electron chi connectivity index (χ3n) is 5.02. The summed E-state index contributed by atoms with van der Waals surface area (Å²) in [6.07, 6.45) is 2.40. The third kappa shape index (κ3) is 4.08. The highest BCUT2D eigenvalue weighted by atomic mass is 16.5. The third-order valence-corrected chi connectivity index (χ3v) is 5.02. The van der Waals surface area contributed by atoms with Crippen molar-refractivity contribution in [3.63, 3.8) is 0 Å². The Morgan fingerprint density at radius 3 is 2.81 bits per heavy atom. The van der Waals surface area contributed by atoms with Gasteiger partial charge >= 0.3 is 0 Å². The standard InChI is InChI=1S/C22H23N3O2/c1-16-7-5-11-18(13-16)22-23-21(24-27-22)19-14-20(26)25(15-19)12-6-10-17-8-3-2-4-9-17/h2-5,7-9,11,13,19H,6,10,12,14-15H2,1H3. The monoisotopic (exact) mass is 361 g/mol. The summed E-state index contributed by atoms with van der Waals surface area (Å²) in [7, 11) is 0. The second-order valence-corrected chi connectivity index (χ2v) is 7.16. The lowest BCUT2D eigenvalue weighted by molar-refractivity contribution is -0.127. The first-order chi connectivity index (χ1) is 13.2. The van der Waals surface area contributed by atoms with Gasteiger partial charge in [-0.3, -0.25) is 4.79 Å². The molecule has 0 spiro atoms. The zero-order valence-electron chi connectivity index (χ0n) is 15.5. The molecule has 4 rings (SSSR count). The minimum absolute atomic E-state index is 0.0107. The summed E-state index contributed by atoms with van der Waals surface area (Å²) in [5.74, 6) is 1.33. The fraction of sp³-hybridized carbons (Fsp3) is 0.318. The van der Waals surface area contributed by atoms with Crippen LogP contribution in [0.2, 0.25) is 0 Å². The Morgan fingerprint density at radius 2 is 2.00 bits per heavy atom. The van der Waals surface area contributed by atoms with Gasteiger partial charge in [0.25, 0.3) is 5.89 Å². The van der Waals surface area contributed by atoms with Crippen LogP contribution in [0.3, 0.4) is 0 Å². The van der Waals surface area contributed by atoms with Crippen LogP contribution in [0.1, 0.15) is 35.7 Å².